The Bertz CT molecular complexity index is 286. The molecule has 0 aromatic heterocycles. The number of hydrogen-bond donors (Lipinski definition) is 3. The van der Waals surface area contributed by atoms with Gasteiger partial charge in [0.25, 0.3) is 0 Å². The molecule has 5 nitrogen and oxygen atoms in total. The molecule has 0 spiro atoms. The fraction of sp³-hybridized carbons (Fsp3) is 0.846. The third-order valence-corrected chi connectivity index (χ3v) is 3.49. The van der Waals surface area contributed by atoms with E-state index in [2.05, 4.69) is 10.6 Å². The fourth-order valence-electron chi connectivity index (χ4n) is 2.47. The summed E-state index contributed by atoms with van der Waals surface area (Å²) in [6.45, 7) is 4.87. The van der Waals surface area contributed by atoms with Gasteiger partial charge in [0.2, 0.25) is 5.91 Å². The van der Waals surface area contributed by atoms with E-state index < -0.39 is 5.97 Å². The summed E-state index contributed by atoms with van der Waals surface area (Å²) in [4.78, 5) is 22.5. The molecule has 0 radical (unpaired) electrons. The van der Waals surface area contributed by atoms with E-state index in [1.807, 2.05) is 13.8 Å². The molecule has 104 valence electrons. The van der Waals surface area contributed by atoms with Gasteiger partial charge in [-0.05, 0) is 39.2 Å². The Balaban J connectivity index is 2.24. The first-order valence-electron chi connectivity index (χ1n) is 6.78. The van der Waals surface area contributed by atoms with E-state index in [-0.39, 0.29) is 23.9 Å². The zero-order valence-corrected chi connectivity index (χ0v) is 11.2. The monoisotopic (exact) mass is 256 g/mol. The van der Waals surface area contributed by atoms with Crippen molar-refractivity contribution in [3.05, 3.63) is 0 Å². The smallest absolute Gasteiger partial charge is 0.306 e. The number of aliphatic carboxylic acids is 1. The number of rotatable bonds is 6. The first-order chi connectivity index (χ1) is 8.52. The third-order valence-electron chi connectivity index (χ3n) is 3.49. The second kappa shape index (κ2) is 7.36. The lowest BCUT2D eigenvalue weighted by Gasteiger charge is -2.27. The van der Waals surface area contributed by atoms with Crippen LogP contribution < -0.4 is 10.6 Å². The summed E-state index contributed by atoms with van der Waals surface area (Å²) in [5.74, 6) is -0.874. The second-order valence-electron chi connectivity index (χ2n) is 5.12. The topological polar surface area (TPSA) is 78.4 Å². The van der Waals surface area contributed by atoms with E-state index >= 15 is 0 Å². The van der Waals surface area contributed by atoms with E-state index in [1.165, 1.54) is 0 Å². The predicted octanol–water partition coefficient (Wildman–Crippen LogP) is 1.13. The standard InChI is InChI=1S/C13H24N2O3/c1-3-14-9(2)8-12(16)15-11-6-4-10(5-7-11)13(17)18/h9-11,14H,3-8H2,1-2H3,(H,15,16)(H,17,18). The molecule has 0 bridgehead atoms. The number of amides is 1. The van der Waals surface area contributed by atoms with Crippen LogP contribution in [-0.4, -0.2) is 35.6 Å². The van der Waals surface area contributed by atoms with E-state index in [9.17, 15) is 9.59 Å². The fourth-order valence-corrected chi connectivity index (χ4v) is 2.47. The normalized spacial score (nSPS) is 25.4. The van der Waals surface area contributed by atoms with Crippen molar-refractivity contribution >= 4 is 11.9 Å². The van der Waals surface area contributed by atoms with Crippen molar-refractivity contribution in [3.63, 3.8) is 0 Å². The first-order valence-corrected chi connectivity index (χ1v) is 6.78. The average molecular weight is 256 g/mol. The Hall–Kier alpha value is -1.10. The van der Waals surface area contributed by atoms with Gasteiger partial charge in [-0.3, -0.25) is 9.59 Å². The molecule has 1 atom stereocenters. The zero-order chi connectivity index (χ0) is 13.5. The van der Waals surface area contributed by atoms with Gasteiger partial charge in [-0.15, -0.1) is 0 Å². The van der Waals surface area contributed by atoms with Crippen molar-refractivity contribution < 1.29 is 14.7 Å². The van der Waals surface area contributed by atoms with Crippen LogP contribution in [0, 0.1) is 5.92 Å². The Labute approximate surface area is 108 Å². The summed E-state index contributed by atoms with van der Waals surface area (Å²) in [6, 6.07) is 0.340. The van der Waals surface area contributed by atoms with Gasteiger partial charge in [-0.25, -0.2) is 0 Å². The number of carbonyl (C=O) groups is 2. The molecule has 0 saturated heterocycles. The Morgan fingerprint density at radius 3 is 2.39 bits per heavy atom. The highest BCUT2D eigenvalue weighted by Crippen LogP contribution is 2.24. The Morgan fingerprint density at radius 1 is 1.28 bits per heavy atom. The van der Waals surface area contributed by atoms with Crippen molar-refractivity contribution in [2.45, 2.75) is 58.0 Å². The van der Waals surface area contributed by atoms with Gasteiger partial charge in [0.05, 0.1) is 5.92 Å². The summed E-state index contributed by atoms with van der Waals surface area (Å²) in [5, 5.41) is 15.1. The van der Waals surface area contributed by atoms with Gasteiger partial charge in [-0.2, -0.15) is 0 Å². The SMILES string of the molecule is CCNC(C)CC(=O)NC1CCC(C(=O)O)CC1. The molecule has 0 aliphatic heterocycles. The molecular weight excluding hydrogens is 232 g/mol. The highest BCUT2D eigenvalue weighted by molar-refractivity contribution is 5.77. The van der Waals surface area contributed by atoms with Gasteiger partial charge >= 0.3 is 5.97 Å². The minimum atomic E-state index is -0.708. The van der Waals surface area contributed by atoms with Gasteiger partial charge < -0.3 is 15.7 Å². The van der Waals surface area contributed by atoms with Crippen molar-refractivity contribution in [2.75, 3.05) is 6.54 Å². The Kier molecular flexibility index (Phi) is 6.12. The highest BCUT2D eigenvalue weighted by Gasteiger charge is 2.26. The van der Waals surface area contributed by atoms with E-state index in [0.29, 0.717) is 19.3 Å². The zero-order valence-electron chi connectivity index (χ0n) is 11.2. The van der Waals surface area contributed by atoms with Gasteiger partial charge in [-0.1, -0.05) is 6.92 Å². The van der Waals surface area contributed by atoms with Crippen LogP contribution in [0.2, 0.25) is 0 Å². The third kappa shape index (κ3) is 5.04. The Morgan fingerprint density at radius 2 is 1.89 bits per heavy atom. The predicted molar refractivity (Wildman–Crippen MR) is 69.3 cm³/mol. The maximum Gasteiger partial charge on any atom is 0.306 e. The van der Waals surface area contributed by atoms with Crippen LogP contribution in [0.4, 0.5) is 0 Å². The molecule has 1 fully saturated rings. The average Bonchev–Trinajstić information content (AvgIpc) is 2.29. The lowest BCUT2D eigenvalue weighted by Crippen LogP contribution is -2.41. The summed E-state index contributed by atoms with van der Waals surface area (Å²) in [5.41, 5.74) is 0. The molecule has 1 saturated carbocycles. The molecule has 1 unspecified atom stereocenters. The largest absolute Gasteiger partial charge is 0.481 e. The summed E-state index contributed by atoms with van der Waals surface area (Å²) < 4.78 is 0. The minimum absolute atomic E-state index is 0.0576. The number of hydrogen-bond acceptors (Lipinski definition) is 3. The highest BCUT2D eigenvalue weighted by atomic mass is 16.4. The van der Waals surface area contributed by atoms with Crippen LogP contribution in [-0.2, 0) is 9.59 Å². The van der Waals surface area contributed by atoms with E-state index in [0.717, 1.165) is 19.4 Å². The van der Waals surface area contributed by atoms with Crippen molar-refractivity contribution in [3.8, 4) is 0 Å². The number of carbonyl (C=O) groups excluding carboxylic acids is 1. The van der Waals surface area contributed by atoms with Gasteiger partial charge in [0.1, 0.15) is 0 Å². The van der Waals surface area contributed by atoms with Crippen LogP contribution in [0.1, 0.15) is 46.0 Å². The summed E-state index contributed by atoms with van der Waals surface area (Å²) in [7, 11) is 0. The molecular formula is C13H24N2O3. The minimum Gasteiger partial charge on any atom is -0.481 e. The molecule has 1 amide bonds. The molecule has 1 rings (SSSR count). The lowest BCUT2D eigenvalue weighted by atomic mass is 9.86. The van der Waals surface area contributed by atoms with Gasteiger partial charge in [0, 0.05) is 18.5 Å². The first kappa shape index (κ1) is 15.0. The van der Waals surface area contributed by atoms with Crippen LogP contribution in [0.25, 0.3) is 0 Å². The van der Waals surface area contributed by atoms with E-state index in [1.54, 1.807) is 0 Å². The number of carboxylic acid groups (broad SMARTS) is 1. The summed E-state index contributed by atoms with van der Waals surface area (Å²) in [6.07, 6.45) is 3.37. The molecule has 5 heteroatoms. The lowest BCUT2D eigenvalue weighted by molar-refractivity contribution is -0.142. The second-order valence-corrected chi connectivity index (χ2v) is 5.12. The van der Waals surface area contributed by atoms with Gasteiger partial charge in [0.15, 0.2) is 0 Å². The molecule has 0 heterocycles. The molecule has 18 heavy (non-hydrogen) atoms. The molecule has 0 aromatic rings. The van der Waals surface area contributed by atoms with Crippen LogP contribution in [0.5, 0.6) is 0 Å². The molecule has 3 N–H and O–H groups in total. The number of nitrogens with one attached hydrogen (secondary N) is 2. The maximum atomic E-state index is 11.7. The van der Waals surface area contributed by atoms with Crippen LogP contribution in [0.15, 0.2) is 0 Å². The summed E-state index contributed by atoms with van der Waals surface area (Å²) >= 11 is 0. The maximum absolute atomic E-state index is 11.7. The van der Waals surface area contributed by atoms with Crippen molar-refractivity contribution in [2.24, 2.45) is 5.92 Å². The molecule has 1 aliphatic rings. The quantitative estimate of drug-likeness (QED) is 0.666. The molecule has 1 aliphatic carbocycles. The van der Waals surface area contributed by atoms with Crippen LogP contribution >= 0.6 is 0 Å². The van der Waals surface area contributed by atoms with Crippen molar-refractivity contribution in [1.29, 1.82) is 0 Å². The van der Waals surface area contributed by atoms with Crippen molar-refractivity contribution in [1.82, 2.24) is 10.6 Å². The molecule has 0 aromatic carbocycles. The van der Waals surface area contributed by atoms with E-state index in [4.69, 9.17) is 5.11 Å². The van der Waals surface area contributed by atoms with Crippen LogP contribution in [0.3, 0.4) is 0 Å². The number of carboxylic acids is 1.